The van der Waals surface area contributed by atoms with Crippen molar-refractivity contribution < 1.29 is 27.4 Å². The van der Waals surface area contributed by atoms with Gasteiger partial charge in [-0.05, 0) is 18.2 Å². The Hall–Kier alpha value is -2.68. The number of anilines is 1. The first kappa shape index (κ1) is 19.6. The van der Waals surface area contributed by atoms with Crippen molar-refractivity contribution in [3.05, 3.63) is 47.1 Å². The fourth-order valence-electron chi connectivity index (χ4n) is 3.30. The van der Waals surface area contributed by atoms with Crippen LogP contribution in [0, 0.1) is 0 Å². The largest absolute Gasteiger partial charge is 0.485 e. The predicted molar refractivity (Wildman–Crippen MR) is 99.4 cm³/mol. The lowest BCUT2D eigenvalue weighted by atomic mass is 10.2. The van der Waals surface area contributed by atoms with Gasteiger partial charge in [0.2, 0.25) is 6.10 Å². The monoisotopic (exact) mass is 427 g/mol. The third-order valence-corrected chi connectivity index (χ3v) is 5.10. The highest BCUT2D eigenvalue weighted by molar-refractivity contribution is 6.33. The Morgan fingerprint density at radius 1 is 1.14 bits per heavy atom. The van der Waals surface area contributed by atoms with Crippen LogP contribution >= 0.6 is 11.6 Å². The molecule has 0 radical (unpaired) electrons. The van der Waals surface area contributed by atoms with Crippen LogP contribution in [0.2, 0.25) is 5.02 Å². The number of para-hydroxylation sites is 2. The van der Waals surface area contributed by atoms with Crippen molar-refractivity contribution in [1.82, 2.24) is 9.88 Å². The number of piperazine rings is 1. The van der Waals surface area contributed by atoms with Crippen molar-refractivity contribution in [2.24, 2.45) is 0 Å². The lowest BCUT2D eigenvalue weighted by molar-refractivity contribution is -0.141. The Morgan fingerprint density at radius 3 is 2.48 bits per heavy atom. The number of halogens is 4. The fraction of sp³-hybridized carbons (Fsp3) is 0.368. The van der Waals surface area contributed by atoms with E-state index < -0.39 is 17.8 Å². The van der Waals surface area contributed by atoms with Crippen molar-refractivity contribution in [3.63, 3.8) is 0 Å². The number of fused-ring (bicyclic) bond motifs is 1. The second-order valence-corrected chi connectivity index (χ2v) is 7.11. The summed E-state index contributed by atoms with van der Waals surface area (Å²) in [6, 6.07) is 8.01. The van der Waals surface area contributed by atoms with Crippen LogP contribution in [0.15, 0.2) is 36.5 Å². The van der Waals surface area contributed by atoms with E-state index in [9.17, 15) is 18.0 Å². The number of rotatable bonds is 2. The van der Waals surface area contributed by atoms with Gasteiger partial charge in [-0.15, -0.1) is 0 Å². The van der Waals surface area contributed by atoms with Crippen LogP contribution in [0.1, 0.15) is 5.56 Å². The number of alkyl halides is 3. The summed E-state index contributed by atoms with van der Waals surface area (Å²) in [6.45, 7) is 1.67. The van der Waals surface area contributed by atoms with Crippen molar-refractivity contribution in [2.45, 2.75) is 12.3 Å². The van der Waals surface area contributed by atoms with Gasteiger partial charge in [0, 0.05) is 32.4 Å². The molecule has 1 atom stereocenters. The lowest BCUT2D eigenvalue weighted by Gasteiger charge is -2.37. The second kappa shape index (κ2) is 7.62. The molecule has 0 spiro atoms. The number of benzene rings is 1. The number of pyridine rings is 1. The molecule has 2 aromatic rings. The zero-order valence-electron chi connectivity index (χ0n) is 15.2. The molecule has 0 aliphatic carbocycles. The van der Waals surface area contributed by atoms with E-state index in [1.54, 1.807) is 28.0 Å². The SMILES string of the molecule is O=C(C1COc2ccccc2O1)N1CCN(c2ncc(C(F)(F)F)cc2Cl)CC1. The molecule has 2 aliphatic heterocycles. The Bertz CT molecular complexity index is 917. The molecule has 0 bridgehead atoms. The maximum absolute atomic E-state index is 12.8. The molecular weight excluding hydrogens is 411 g/mol. The standard InChI is InChI=1S/C19H17ClF3N3O3/c20-13-9-12(19(21,22)23)10-24-17(13)25-5-7-26(8-6-25)18(27)16-11-28-14-3-1-2-4-15(14)29-16/h1-4,9-10,16H,5-8,11H2. The zero-order valence-corrected chi connectivity index (χ0v) is 15.9. The summed E-state index contributed by atoms with van der Waals surface area (Å²) in [5.41, 5.74) is -0.894. The summed E-state index contributed by atoms with van der Waals surface area (Å²) >= 11 is 6.02. The Kier molecular flexibility index (Phi) is 5.16. The number of carbonyl (C=O) groups is 1. The molecule has 1 saturated heterocycles. The molecule has 1 aromatic carbocycles. The van der Waals surface area contributed by atoms with Crippen LogP contribution in [-0.2, 0) is 11.0 Å². The zero-order chi connectivity index (χ0) is 20.6. The third-order valence-electron chi connectivity index (χ3n) is 4.82. The molecule has 10 heteroatoms. The van der Waals surface area contributed by atoms with E-state index in [1.165, 1.54) is 0 Å². The molecule has 3 heterocycles. The minimum atomic E-state index is -4.50. The quantitative estimate of drug-likeness (QED) is 0.736. The van der Waals surface area contributed by atoms with Gasteiger partial charge >= 0.3 is 6.18 Å². The molecule has 0 N–H and O–H groups in total. The number of hydrogen-bond acceptors (Lipinski definition) is 5. The highest BCUT2D eigenvalue weighted by Crippen LogP contribution is 2.34. The molecule has 0 saturated carbocycles. The number of carbonyl (C=O) groups excluding carboxylic acids is 1. The predicted octanol–water partition coefficient (Wildman–Crippen LogP) is 3.24. The molecule has 1 aromatic heterocycles. The number of aromatic nitrogens is 1. The second-order valence-electron chi connectivity index (χ2n) is 6.70. The Morgan fingerprint density at radius 2 is 1.83 bits per heavy atom. The topological polar surface area (TPSA) is 54.9 Å². The van der Waals surface area contributed by atoms with Crippen molar-refractivity contribution in [3.8, 4) is 11.5 Å². The van der Waals surface area contributed by atoms with Gasteiger partial charge in [0.15, 0.2) is 11.5 Å². The first-order valence-electron chi connectivity index (χ1n) is 8.98. The molecule has 29 heavy (non-hydrogen) atoms. The van der Waals surface area contributed by atoms with Gasteiger partial charge in [-0.1, -0.05) is 23.7 Å². The van der Waals surface area contributed by atoms with Crippen LogP contribution in [0.5, 0.6) is 11.5 Å². The van der Waals surface area contributed by atoms with Gasteiger partial charge in [-0.2, -0.15) is 13.2 Å². The van der Waals surface area contributed by atoms with E-state index in [0.29, 0.717) is 37.7 Å². The summed E-state index contributed by atoms with van der Waals surface area (Å²) in [4.78, 5) is 20.1. The minimum absolute atomic E-state index is 0.0692. The van der Waals surface area contributed by atoms with Crippen LogP contribution in [0.3, 0.4) is 0 Å². The van der Waals surface area contributed by atoms with E-state index in [2.05, 4.69) is 4.98 Å². The van der Waals surface area contributed by atoms with E-state index in [0.717, 1.165) is 12.3 Å². The average Bonchev–Trinajstić information content (AvgIpc) is 2.72. The number of amides is 1. The van der Waals surface area contributed by atoms with Gasteiger partial charge in [0.25, 0.3) is 5.91 Å². The molecule has 4 rings (SSSR count). The molecule has 6 nitrogen and oxygen atoms in total. The van der Waals surface area contributed by atoms with E-state index in [-0.39, 0.29) is 23.4 Å². The molecule has 1 amide bonds. The lowest BCUT2D eigenvalue weighted by Crippen LogP contribution is -2.54. The van der Waals surface area contributed by atoms with E-state index >= 15 is 0 Å². The van der Waals surface area contributed by atoms with Crippen molar-refractivity contribution >= 4 is 23.3 Å². The maximum atomic E-state index is 12.8. The molecule has 2 aliphatic rings. The van der Waals surface area contributed by atoms with Crippen LogP contribution in [0.25, 0.3) is 0 Å². The Labute approximate surface area is 169 Å². The molecule has 154 valence electrons. The smallest absolute Gasteiger partial charge is 0.417 e. The summed E-state index contributed by atoms with van der Waals surface area (Å²) in [5, 5.41) is -0.0692. The first-order valence-corrected chi connectivity index (χ1v) is 9.35. The highest BCUT2D eigenvalue weighted by Gasteiger charge is 2.34. The summed E-state index contributed by atoms with van der Waals surface area (Å²) in [6.07, 6.45) is -4.46. The average molecular weight is 428 g/mol. The van der Waals surface area contributed by atoms with E-state index in [4.69, 9.17) is 21.1 Å². The van der Waals surface area contributed by atoms with Gasteiger partial charge in [-0.3, -0.25) is 4.79 Å². The van der Waals surface area contributed by atoms with Crippen LogP contribution in [-0.4, -0.2) is 54.7 Å². The minimum Gasteiger partial charge on any atom is -0.485 e. The summed E-state index contributed by atoms with van der Waals surface area (Å²) in [5.74, 6) is 1.21. The van der Waals surface area contributed by atoms with Crippen LogP contribution in [0.4, 0.5) is 19.0 Å². The van der Waals surface area contributed by atoms with Gasteiger partial charge in [0.1, 0.15) is 12.4 Å². The number of hydrogen-bond donors (Lipinski definition) is 0. The highest BCUT2D eigenvalue weighted by atomic mass is 35.5. The fourth-order valence-corrected chi connectivity index (χ4v) is 3.59. The third kappa shape index (κ3) is 4.05. The molecule has 1 unspecified atom stereocenters. The van der Waals surface area contributed by atoms with E-state index in [1.807, 2.05) is 6.07 Å². The van der Waals surface area contributed by atoms with Gasteiger partial charge < -0.3 is 19.3 Å². The number of nitrogens with zero attached hydrogens (tertiary/aromatic N) is 3. The van der Waals surface area contributed by atoms with Crippen molar-refractivity contribution in [2.75, 3.05) is 37.7 Å². The van der Waals surface area contributed by atoms with Gasteiger partial charge in [0.05, 0.1) is 10.6 Å². The van der Waals surface area contributed by atoms with Gasteiger partial charge in [-0.25, -0.2) is 4.98 Å². The first-order chi connectivity index (χ1) is 13.8. The summed E-state index contributed by atoms with van der Waals surface area (Å²) in [7, 11) is 0. The number of ether oxygens (including phenoxy) is 2. The Balaban J connectivity index is 1.38. The summed E-state index contributed by atoms with van der Waals surface area (Å²) < 4.78 is 49.7. The van der Waals surface area contributed by atoms with Crippen LogP contribution < -0.4 is 14.4 Å². The van der Waals surface area contributed by atoms with Crippen molar-refractivity contribution in [1.29, 1.82) is 0 Å². The maximum Gasteiger partial charge on any atom is 0.417 e. The molecule has 1 fully saturated rings. The normalized spacial score (nSPS) is 19.2. The molecular formula is C19H17ClF3N3O3.